The molecule has 0 saturated heterocycles. The zero-order valence-electron chi connectivity index (χ0n) is 12.1. The topological polar surface area (TPSA) is 71.0 Å². The van der Waals surface area contributed by atoms with Crippen molar-refractivity contribution in [3.63, 3.8) is 0 Å². The van der Waals surface area contributed by atoms with Gasteiger partial charge in [0.1, 0.15) is 0 Å². The van der Waals surface area contributed by atoms with Gasteiger partial charge in [0.2, 0.25) is 0 Å². The van der Waals surface area contributed by atoms with E-state index < -0.39 is 17.6 Å². The van der Waals surface area contributed by atoms with Crippen LogP contribution in [0.4, 0.5) is 18.9 Å². The second kappa shape index (κ2) is 7.34. The highest BCUT2D eigenvalue weighted by Crippen LogP contribution is 2.34. The van der Waals surface area contributed by atoms with Crippen LogP contribution < -0.4 is 16.2 Å². The van der Waals surface area contributed by atoms with Gasteiger partial charge in [-0.25, -0.2) is 0 Å². The summed E-state index contributed by atoms with van der Waals surface area (Å²) in [5.74, 6) is -0.562. The molecule has 0 fully saturated rings. The standard InChI is InChI=1S/C13H11F3IN5OS/c1-22-6-8(17)10(21-22)11(23)19-20-12(24)18-9-5-3-2-4-7(9)13(14,15)16/h2-6H,1H3,(H,19,23)(H2,18,20,24). The summed E-state index contributed by atoms with van der Waals surface area (Å²) < 4.78 is 40.8. The molecule has 0 aliphatic heterocycles. The molecule has 0 aliphatic carbocycles. The fourth-order valence-electron chi connectivity index (χ4n) is 1.78. The molecule has 0 spiro atoms. The first-order chi connectivity index (χ1) is 11.2. The second-order valence-electron chi connectivity index (χ2n) is 4.58. The monoisotopic (exact) mass is 469 g/mol. The number of hydrazine groups is 1. The summed E-state index contributed by atoms with van der Waals surface area (Å²) in [6.07, 6.45) is -2.88. The molecule has 2 rings (SSSR count). The molecule has 0 bridgehead atoms. The van der Waals surface area contributed by atoms with Crippen molar-refractivity contribution in [1.29, 1.82) is 0 Å². The summed E-state index contributed by atoms with van der Waals surface area (Å²) in [5, 5.41) is 6.18. The van der Waals surface area contributed by atoms with E-state index in [1.165, 1.54) is 22.9 Å². The molecule has 0 atom stereocenters. The van der Waals surface area contributed by atoms with E-state index in [1.807, 2.05) is 22.6 Å². The Bertz CT molecular complexity index is 777. The van der Waals surface area contributed by atoms with Gasteiger partial charge in [0.15, 0.2) is 10.8 Å². The van der Waals surface area contributed by atoms with Crippen molar-refractivity contribution in [2.45, 2.75) is 6.18 Å². The Morgan fingerprint density at radius 1 is 1.29 bits per heavy atom. The smallest absolute Gasteiger partial charge is 0.331 e. The number of nitrogens with one attached hydrogen (secondary N) is 3. The second-order valence-corrected chi connectivity index (χ2v) is 6.15. The lowest BCUT2D eigenvalue weighted by Gasteiger charge is -2.15. The van der Waals surface area contributed by atoms with Crippen LogP contribution in [0.3, 0.4) is 0 Å². The summed E-state index contributed by atoms with van der Waals surface area (Å²) in [4.78, 5) is 11.9. The maximum absolute atomic E-state index is 12.9. The minimum absolute atomic E-state index is 0.170. The molecule has 3 N–H and O–H groups in total. The summed E-state index contributed by atoms with van der Waals surface area (Å²) >= 11 is 6.83. The number of hydrogen-bond acceptors (Lipinski definition) is 3. The van der Waals surface area contributed by atoms with Crippen LogP contribution >= 0.6 is 34.8 Å². The molecule has 2 aromatic rings. The van der Waals surface area contributed by atoms with E-state index in [-0.39, 0.29) is 16.5 Å². The number of aromatic nitrogens is 2. The molecule has 128 valence electrons. The van der Waals surface area contributed by atoms with Crippen molar-refractivity contribution >= 4 is 51.5 Å². The molecule has 1 aromatic carbocycles. The average Bonchev–Trinajstić information content (AvgIpc) is 2.83. The highest BCUT2D eigenvalue weighted by Gasteiger charge is 2.33. The molecule has 0 radical (unpaired) electrons. The molecule has 11 heteroatoms. The summed E-state index contributed by atoms with van der Waals surface area (Å²) in [6, 6.07) is 4.88. The zero-order chi connectivity index (χ0) is 17.9. The molecule has 1 amide bonds. The number of amides is 1. The first kappa shape index (κ1) is 18.4. The third-order valence-electron chi connectivity index (χ3n) is 2.77. The van der Waals surface area contributed by atoms with Gasteiger partial charge < -0.3 is 5.32 Å². The van der Waals surface area contributed by atoms with Gasteiger partial charge in [-0.15, -0.1) is 0 Å². The number of thiocarbonyl (C=S) groups is 1. The molecular weight excluding hydrogens is 458 g/mol. The largest absolute Gasteiger partial charge is 0.418 e. The third kappa shape index (κ3) is 4.56. The van der Waals surface area contributed by atoms with Gasteiger partial charge in [0.25, 0.3) is 5.91 Å². The number of aryl methyl sites for hydroxylation is 1. The van der Waals surface area contributed by atoms with Crippen LogP contribution in [0, 0.1) is 3.57 Å². The van der Waals surface area contributed by atoms with Crippen molar-refractivity contribution in [3.05, 3.63) is 45.3 Å². The van der Waals surface area contributed by atoms with Gasteiger partial charge in [-0.2, -0.15) is 18.3 Å². The lowest BCUT2D eigenvalue weighted by atomic mass is 10.2. The summed E-state index contributed by atoms with van der Waals surface area (Å²) in [5.41, 5.74) is 3.71. The Balaban J connectivity index is 2.00. The van der Waals surface area contributed by atoms with Crippen LogP contribution in [0.5, 0.6) is 0 Å². The van der Waals surface area contributed by atoms with Crippen molar-refractivity contribution in [2.75, 3.05) is 5.32 Å². The van der Waals surface area contributed by atoms with Crippen molar-refractivity contribution in [1.82, 2.24) is 20.6 Å². The predicted molar refractivity (Wildman–Crippen MR) is 94.2 cm³/mol. The Labute approximate surface area is 153 Å². The molecule has 1 heterocycles. The number of para-hydroxylation sites is 1. The van der Waals surface area contributed by atoms with Gasteiger partial charge in [-0.1, -0.05) is 12.1 Å². The highest BCUT2D eigenvalue weighted by molar-refractivity contribution is 14.1. The number of hydrogen-bond donors (Lipinski definition) is 3. The van der Waals surface area contributed by atoms with Crippen LogP contribution in [0.1, 0.15) is 16.1 Å². The fraction of sp³-hybridized carbons (Fsp3) is 0.154. The van der Waals surface area contributed by atoms with Gasteiger partial charge in [-0.05, 0) is 46.9 Å². The molecule has 24 heavy (non-hydrogen) atoms. The Morgan fingerprint density at radius 2 is 1.96 bits per heavy atom. The van der Waals surface area contributed by atoms with E-state index in [1.54, 1.807) is 13.2 Å². The molecule has 0 unspecified atom stereocenters. The van der Waals surface area contributed by atoms with Crippen LogP contribution in [-0.2, 0) is 13.2 Å². The predicted octanol–water partition coefficient (Wildman–Crippen LogP) is 2.67. The molecule has 1 aromatic heterocycles. The van der Waals surface area contributed by atoms with E-state index in [9.17, 15) is 18.0 Å². The van der Waals surface area contributed by atoms with Gasteiger partial charge in [0, 0.05) is 13.2 Å². The fourth-order valence-corrected chi connectivity index (χ4v) is 2.70. The SMILES string of the molecule is Cn1cc(I)c(C(=O)NNC(=S)Nc2ccccc2C(F)(F)F)n1. The van der Waals surface area contributed by atoms with Crippen molar-refractivity contribution in [3.8, 4) is 0 Å². The van der Waals surface area contributed by atoms with E-state index in [0.717, 1.165) is 6.07 Å². The average molecular weight is 469 g/mol. The molecular formula is C13H11F3IN5OS. The number of carbonyl (C=O) groups excluding carboxylic acids is 1. The van der Waals surface area contributed by atoms with E-state index in [4.69, 9.17) is 12.2 Å². The van der Waals surface area contributed by atoms with Crippen molar-refractivity contribution < 1.29 is 18.0 Å². The van der Waals surface area contributed by atoms with E-state index in [2.05, 4.69) is 21.3 Å². The van der Waals surface area contributed by atoms with E-state index in [0.29, 0.717) is 3.57 Å². The first-order valence-electron chi connectivity index (χ1n) is 6.41. The van der Waals surface area contributed by atoms with Crippen molar-refractivity contribution in [2.24, 2.45) is 7.05 Å². The van der Waals surface area contributed by atoms with Gasteiger partial charge >= 0.3 is 6.18 Å². The number of alkyl halides is 3. The number of benzene rings is 1. The molecule has 6 nitrogen and oxygen atoms in total. The number of nitrogens with zero attached hydrogens (tertiary/aromatic N) is 2. The third-order valence-corrected chi connectivity index (χ3v) is 3.76. The summed E-state index contributed by atoms with van der Waals surface area (Å²) in [6.45, 7) is 0. The van der Waals surface area contributed by atoms with Crippen LogP contribution in [-0.4, -0.2) is 20.8 Å². The lowest BCUT2D eigenvalue weighted by Crippen LogP contribution is -2.44. The minimum atomic E-state index is -4.52. The van der Waals surface area contributed by atoms with Crippen LogP contribution in [0.15, 0.2) is 30.5 Å². The number of rotatable bonds is 2. The first-order valence-corrected chi connectivity index (χ1v) is 7.90. The highest BCUT2D eigenvalue weighted by atomic mass is 127. The molecule has 0 aliphatic rings. The maximum Gasteiger partial charge on any atom is 0.418 e. The van der Waals surface area contributed by atoms with Gasteiger partial charge in [-0.3, -0.25) is 20.3 Å². The quantitative estimate of drug-likeness (QED) is 0.359. The normalized spacial score (nSPS) is 11.0. The lowest BCUT2D eigenvalue weighted by molar-refractivity contribution is -0.136. The summed E-state index contributed by atoms with van der Waals surface area (Å²) in [7, 11) is 1.66. The van der Waals surface area contributed by atoms with Crippen LogP contribution in [0.25, 0.3) is 0 Å². The number of anilines is 1. The maximum atomic E-state index is 12.9. The van der Waals surface area contributed by atoms with Crippen LogP contribution in [0.2, 0.25) is 0 Å². The Kier molecular flexibility index (Phi) is 5.64. The Morgan fingerprint density at radius 3 is 2.54 bits per heavy atom. The number of halogens is 4. The Hall–Kier alpha value is -1.89. The van der Waals surface area contributed by atoms with E-state index >= 15 is 0 Å². The zero-order valence-corrected chi connectivity index (χ0v) is 15.1. The number of carbonyl (C=O) groups is 1. The minimum Gasteiger partial charge on any atom is -0.331 e. The van der Waals surface area contributed by atoms with Gasteiger partial charge in [0.05, 0.1) is 14.8 Å². The molecule has 0 saturated carbocycles.